The Balaban J connectivity index is 1.87. The smallest absolute Gasteiger partial charge is 0.134 e. The number of aromatic nitrogens is 1. The lowest BCUT2D eigenvalue weighted by Crippen LogP contribution is -2.36. The van der Waals surface area contributed by atoms with Gasteiger partial charge in [-0.15, -0.1) is 0 Å². The third kappa shape index (κ3) is 2.80. The van der Waals surface area contributed by atoms with E-state index in [0.29, 0.717) is 11.2 Å². The Morgan fingerprint density at radius 3 is 3.00 bits per heavy atom. The van der Waals surface area contributed by atoms with Gasteiger partial charge >= 0.3 is 0 Å². The SMILES string of the molecule is CCN(Cc1cc2ccccc2nc1Cl)C1CCNC1. The molecule has 1 atom stereocenters. The van der Waals surface area contributed by atoms with Gasteiger partial charge in [0.2, 0.25) is 0 Å². The molecule has 4 heteroatoms. The number of pyridine rings is 1. The van der Waals surface area contributed by atoms with Gasteiger partial charge < -0.3 is 5.32 Å². The van der Waals surface area contributed by atoms with E-state index in [1.807, 2.05) is 18.2 Å². The Bertz CT molecular complexity index is 593. The van der Waals surface area contributed by atoms with Crippen molar-refractivity contribution < 1.29 is 0 Å². The molecule has 20 heavy (non-hydrogen) atoms. The molecule has 0 bridgehead atoms. The second kappa shape index (κ2) is 6.08. The quantitative estimate of drug-likeness (QED) is 0.877. The van der Waals surface area contributed by atoms with Gasteiger partial charge in [-0.25, -0.2) is 4.98 Å². The Morgan fingerprint density at radius 1 is 1.40 bits per heavy atom. The van der Waals surface area contributed by atoms with Gasteiger partial charge in [-0.1, -0.05) is 36.7 Å². The van der Waals surface area contributed by atoms with Gasteiger partial charge in [0.15, 0.2) is 0 Å². The number of benzene rings is 1. The predicted octanol–water partition coefficient (Wildman–Crippen LogP) is 3.07. The van der Waals surface area contributed by atoms with Crippen molar-refractivity contribution in [3.8, 4) is 0 Å². The first-order chi connectivity index (χ1) is 9.78. The number of hydrogen-bond donors (Lipinski definition) is 1. The highest BCUT2D eigenvalue weighted by molar-refractivity contribution is 6.30. The van der Waals surface area contributed by atoms with Crippen molar-refractivity contribution in [1.82, 2.24) is 15.2 Å². The van der Waals surface area contributed by atoms with E-state index in [1.54, 1.807) is 0 Å². The van der Waals surface area contributed by atoms with Crippen molar-refractivity contribution in [3.63, 3.8) is 0 Å². The molecule has 0 amide bonds. The van der Waals surface area contributed by atoms with Gasteiger partial charge in [0.05, 0.1) is 5.52 Å². The minimum atomic E-state index is 0.613. The Morgan fingerprint density at radius 2 is 2.25 bits per heavy atom. The van der Waals surface area contributed by atoms with Crippen LogP contribution in [-0.4, -0.2) is 35.6 Å². The average Bonchev–Trinajstić information content (AvgIpc) is 2.99. The average molecular weight is 290 g/mol. The van der Waals surface area contributed by atoms with E-state index in [-0.39, 0.29) is 0 Å². The molecule has 1 aliphatic rings. The summed E-state index contributed by atoms with van der Waals surface area (Å²) >= 11 is 6.36. The fourth-order valence-corrected chi connectivity index (χ4v) is 3.12. The normalized spacial score (nSPS) is 19.1. The monoisotopic (exact) mass is 289 g/mol. The second-order valence-corrected chi connectivity index (χ2v) is 5.70. The van der Waals surface area contributed by atoms with Gasteiger partial charge in [0, 0.05) is 30.1 Å². The fourth-order valence-electron chi connectivity index (χ4n) is 2.92. The van der Waals surface area contributed by atoms with Crippen molar-refractivity contribution in [2.75, 3.05) is 19.6 Å². The molecule has 1 fully saturated rings. The minimum Gasteiger partial charge on any atom is -0.315 e. The molecular weight excluding hydrogens is 270 g/mol. The van der Waals surface area contributed by atoms with Crippen LogP contribution in [0, 0.1) is 0 Å². The molecule has 2 aromatic rings. The molecule has 1 aliphatic heterocycles. The number of likely N-dealkylation sites (N-methyl/N-ethyl adjacent to an activating group) is 1. The minimum absolute atomic E-state index is 0.613. The van der Waals surface area contributed by atoms with Crippen LogP contribution in [0.25, 0.3) is 10.9 Å². The zero-order valence-electron chi connectivity index (χ0n) is 11.8. The van der Waals surface area contributed by atoms with E-state index in [0.717, 1.165) is 42.6 Å². The van der Waals surface area contributed by atoms with E-state index < -0.39 is 0 Å². The first kappa shape index (κ1) is 13.8. The molecule has 3 nitrogen and oxygen atoms in total. The molecule has 3 rings (SSSR count). The summed E-state index contributed by atoms with van der Waals surface area (Å²) in [5.74, 6) is 0. The number of para-hydroxylation sites is 1. The summed E-state index contributed by atoms with van der Waals surface area (Å²) in [6.45, 7) is 6.31. The molecule has 106 valence electrons. The van der Waals surface area contributed by atoms with Crippen LogP contribution in [0.1, 0.15) is 18.9 Å². The van der Waals surface area contributed by atoms with Crippen LogP contribution in [0.15, 0.2) is 30.3 Å². The van der Waals surface area contributed by atoms with Crippen LogP contribution in [0.2, 0.25) is 5.15 Å². The zero-order valence-corrected chi connectivity index (χ0v) is 12.5. The number of fused-ring (bicyclic) bond motifs is 1. The molecule has 1 unspecified atom stereocenters. The highest BCUT2D eigenvalue weighted by atomic mass is 35.5. The highest BCUT2D eigenvalue weighted by Crippen LogP contribution is 2.23. The van der Waals surface area contributed by atoms with E-state index in [4.69, 9.17) is 11.6 Å². The Kier molecular flexibility index (Phi) is 4.20. The van der Waals surface area contributed by atoms with Crippen molar-refractivity contribution >= 4 is 22.5 Å². The molecule has 0 aliphatic carbocycles. The highest BCUT2D eigenvalue weighted by Gasteiger charge is 2.22. The number of halogens is 1. The number of nitrogens with one attached hydrogen (secondary N) is 1. The van der Waals surface area contributed by atoms with Crippen LogP contribution >= 0.6 is 11.6 Å². The molecule has 1 aromatic carbocycles. The second-order valence-electron chi connectivity index (χ2n) is 5.34. The van der Waals surface area contributed by atoms with Gasteiger partial charge in [0.25, 0.3) is 0 Å². The van der Waals surface area contributed by atoms with E-state index >= 15 is 0 Å². The van der Waals surface area contributed by atoms with E-state index in [1.165, 1.54) is 6.42 Å². The summed E-state index contributed by atoms with van der Waals surface area (Å²) in [6, 6.07) is 10.9. The van der Waals surface area contributed by atoms with Gasteiger partial charge in [0.1, 0.15) is 5.15 Å². The molecule has 1 N–H and O–H groups in total. The van der Waals surface area contributed by atoms with Gasteiger partial charge in [-0.3, -0.25) is 4.90 Å². The lowest BCUT2D eigenvalue weighted by atomic mass is 10.1. The van der Waals surface area contributed by atoms with Crippen molar-refractivity contribution in [3.05, 3.63) is 41.0 Å². The molecular formula is C16H20ClN3. The van der Waals surface area contributed by atoms with Crippen molar-refractivity contribution in [1.29, 1.82) is 0 Å². The lowest BCUT2D eigenvalue weighted by Gasteiger charge is -2.27. The summed E-state index contributed by atoms with van der Waals surface area (Å²) < 4.78 is 0. The maximum Gasteiger partial charge on any atom is 0.134 e. The largest absolute Gasteiger partial charge is 0.315 e. The van der Waals surface area contributed by atoms with Crippen LogP contribution in [0.5, 0.6) is 0 Å². The van der Waals surface area contributed by atoms with E-state index in [9.17, 15) is 0 Å². The van der Waals surface area contributed by atoms with Gasteiger partial charge in [-0.2, -0.15) is 0 Å². The topological polar surface area (TPSA) is 28.2 Å². The molecule has 1 saturated heterocycles. The van der Waals surface area contributed by atoms with Crippen molar-refractivity contribution in [2.45, 2.75) is 25.9 Å². The predicted molar refractivity (Wildman–Crippen MR) is 84.1 cm³/mol. The zero-order chi connectivity index (χ0) is 13.9. The molecule has 0 radical (unpaired) electrons. The third-order valence-corrected chi connectivity index (χ3v) is 4.41. The summed E-state index contributed by atoms with van der Waals surface area (Å²) in [6.07, 6.45) is 1.21. The van der Waals surface area contributed by atoms with Crippen LogP contribution in [-0.2, 0) is 6.54 Å². The van der Waals surface area contributed by atoms with E-state index in [2.05, 4.69) is 34.3 Å². The van der Waals surface area contributed by atoms with Crippen LogP contribution in [0.3, 0.4) is 0 Å². The number of rotatable bonds is 4. The molecule has 0 spiro atoms. The van der Waals surface area contributed by atoms with Gasteiger partial charge in [-0.05, 0) is 31.6 Å². The Hall–Kier alpha value is -1.16. The maximum absolute atomic E-state index is 6.36. The maximum atomic E-state index is 6.36. The van der Waals surface area contributed by atoms with Crippen molar-refractivity contribution in [2.24, 2.45) is 0 Å². The summed E-state index contributed by atoms with van der Waals surface area (Å²) in [4.78, 5) is 7.00. The number of nitrogens with zero attached hydrogens (tertiary/aromatic N) is 2. The third-order valence-electron chi connectivity index (χ3n) is 4.08. The van der Waals surface area contributed by atoms with Crippen LogP contribution < -0.4 is 5.32 Å². The number of hydrogen-bond acceptors (Lipinski definition) is 3. The first-order valence-electron chi connectivity index (χ1n) is 7.27. The molecule has 1 aromatic heterocycles. The Labute approximate surface area is 124 Å². The molecule has 0 saturated carbocycles. The summed E-state index contributed by atoms with van der Waals surface area (Å²) in [7, 11) is 0. The summed E-state index contributed by atoms with van der Waals surface area (Å²) in [5.41, 5.74) is 2.09. The molecule has 2 heterocycles. The first-order valence-corrected chi connectivity index (χ1v) is 7.64. The lowest BCUT2D eigenvalue weighted by molar-refractivity contribution is 0.210. The van der Waals surface area contributed by atoms with Crippen LogP contribution in [0.4, 0.5) is 0 Å². The fraction of sp³-hybridized carbons (Fsp3) is 0.438. The summed E-state index contributed by atoms with van der Waals surface area (Å²) in [5, 5.41) is 5.22. The standard InChI is InChI=1S/C16H20ClN3/c1-2-20(14-7-8-18-10-14)11-13-9-12-5-3-4-6-15(12)19-16(13)17/h3-6,9,14,18H,2,7-8,10-11H2,1H3.